The maximum Gasteiger partial charge on any atom is 0.417 e. The Morgan fingerprint density at radius 3 is 1.46 bits per heavy atom. The summed E-state index contributed by atoms with van der Waals surface area (Å²) in [6.07, 6.45) is -4.88. The average molecular weight is 931 g/mol. The quantitative estimate of drug-likeness (QED) is 0.156. The van der Waals surface area contributed by atoms with E-state index < -0.39 is 11.7 Å². The molecule has 0 aliphatic heterocycles. The van der Waals surface area contributed by atoms with E-state index in [0.29, 0.717) is 61.8 Å². The lowest BCUT2D eigenvalue weighted by Gasteiger charge is -2.24. The van der Waals surface area contributed by atoms with E-state index in [4.69, 9.17) is 26.3 Å². The van der Waals surface area contributed by atoms with Gasteiger partial charge in [-0.3, -0.25) is 0 Å². The number of hydrogen-bond donors (Lipinski definition) is 0. The number of aromatic nitrogens is 2. The zero-order valence-electron chi connectivity index (χ0n) is 37.5. The predicted molar refractivity (Wildman–Crippen MR) is 276 cm³/mol. The van der Waals surface area contributed by atoms with Crippen LogP contribution in [0.15, 0.2) is 176 Å². The number of para-hydroxylation sites is 2. The first-order valence-corrected chi connectivity index (χ1v) is 22.2. The third kappa shape index (κ3) is 6.95. The van der Waals surface area contributed by atoms with Gasteiger partial charge in [-0.05, 0) is 106 Å². The van der Waals surface area contributed by atoms with Crippen molar-refractivity contribution in [2.45, 2.75) is 6.18 Å². The van der Waals surface area contributed by atoms with Crippen LogP contribution in [0.4, 0.5) is 35.9 Å². The van der Waals surface area contributed by atoms with Gasteiger partial charge < -0.3 is 9.13 Å². The number of hydrogen-bond acceptors (Lipinski definition) is 2. The Bertz CT molecular complexity index is 4420. The highest BCUT2D eigenvalue weighted by Crippen LogP contribution is 2.51. The average Bonchev–Trinajstić information content (AvgIpc) is 3.93. The number of nitriles is 2. The van der Waals surface area contributed by atoms with Crippen LogP contribution >= 0.6 is 0 Å². The van der Waals surface area contributed by atoms with Crippen molar-refractivity contribution in [2.24, 2.45) is 0 Å². The Morgan fingerprint density at radius 2 is 0.903 bits per heavy atom. The van der Waals surface area contributed by atoms with E-state index >= 15 is 13.2 Å². The Hall–Kier alpha value is -10.7. The lowest BCUT2D eigenvalue weighted by atomic mass is 9.88. The zero-order valence-corrected chi connectivity index (χ0v) is 37.5. The van der Waals surface area contributed by atoms with Crippen LogP contribution in [-0.2, 0) is 6.18 Å². The van der Waals surface area contributed by atoms with Crippen LogP contribution in [0.25, 0.3) is 119 Å². The minimum Gasteiger partial charge on any atom is -0.310 e. The van der Waals surface area contributed by atoms with E-state index in [0.717, 1.165) is 55.3 Å². The third-order valence-corrected chi connectivity index (χ3v) is 13.1. The minimum absolute atomic E-state index is 0.163. The van der Waals surface area contributed by atoms with Gasteiger partial charge in [0.1, 0.15) is 0 Å². The van der Waals surface area contributed by atoms with Crippen LogP contribution in [0.5, 0.6) is 0 Å². The minimum atomic E-state index is -4.88. The van der Waals surface area contributed by atoms with Crippen molar-refractivity contribution in [1.82, 2.24) is 9.13 Å². The highest BCUT2D eigenvalue weighted by Gasteiger charge is 2.36. The van der Waals surface area contributed by atoms with Crippen LogP contribution in [0.1, 0.15) is 16.7 Å². The van der Waals surface area contributed by atoms with Crippen LogP contribution in [-0.4, -0.2) is 9.13 Å². The molecule has 11 aromatic rings. The van der Waals surface area contributed by atoms with Gasteiger partial charge in [0.2, 0.25) is 0 Å². The fraction of sp³-hybridized carbons (Fsp3) is 0.0164. The smallest absolute Gasteiger partial charge is 0.310 e. The number of alkyl halides is 3. The fourth-order valence-corrected chi connectivity index (χ4v) is 10.0. The molecule has 0 saturated heterocycles. The molecule has 0 unspecified atom stereocenters. The molecule has 8 nitrogen and oxygen atoms in total. The molecule has 0 N–H and O–H groups in total. The Morgan fingerprint density at radius 1 is 0.403 bits per heavy atom. The molecule has 11 rings (SSSR count). The summed E-state index contributed by atoms with van der Waals surface area (Å²) in [5, 5.41) is 22.7. The summed E-state index contributed by atoms with van der Waals surface area (Å²) in [5.41, 5.74) is 7.62. The van der Waals surface area contributed by atoms with E-state index in [1.54, 1.807) is 60.7 Å². The van der Waals surface area contributed by atoms with E-state index in [1.165, 1.54) is 12.1 Å². The largest absolute Gasteiger partial charge is 0.417 e. The number of fused-ring (bicyclic) bond motifs is 6. The Balaban J connectivity index is 1.26. The molecule has 0 radical (unpaired) electrons. The lowest BCUT2D eigenvalue weighted by Crippen LogP contribution is -2.09. The van der Waals surface area contributed by atoms with Gasteiger partial charge in [0, 0.05) is 43.9 Å². The molecule has 0 spiro atoms. The number of rotatable bonds is 6. The first-order valence-electron chi connectivity index (χ1n) is 22.2. The molecule has 11 heteroatoms. The Kier molecular flexibility index (Phi) is 10.4. The van der Waals surface area contributed by atoms with Gasteiger partial charge in [0.15, 0.2) is 22.7 Å². The summed E-state index contributed by atoms with van der Waals surface area (Å²) in [5.74, 6) is 0. The second kappa shape index (κ2) is 17.1. The van der Waals surface area contributed by atoms with Gasteiger partial charge in [-0.1, -0.05) is 103 Å². The maximum atomic E-state index is 15.5. The van der Waals surface area contributed by atoms with Gasteiger partial charge >= 0.3 is 6.18 Å². The second-order valence-electron chi connectivity index (χ2n) is 16.9. The molecule has 0 bridgehead atoms. The second-order valence-corrected chi connectivity index (χ2v) is 16.9. The zero-order chi connectivity index (χ0) is 49.8. The van der Waals surface area contributed by atoms with Crippen molar-refractivity contribution in [3.05, 3.63) is 238 Å². The molecule has 0 amide bonds. The van der Waals surface area contributed by atoms with Crippen molar-refractivity contribution in [1.29, 1.82) is 10.5 Å². The molecule has 0 aliphatic rings. The van der Waals surface area contributed by atoms with Crippen molar-refractivity contribution in [3.8, 4) is 68.0 Å². The van der Waals surface area contributed by atoms with Crippen molar-refractivity contribution in [2.75, 3.05) is 0 Å². The van der Waals surface area contributed by atoms with Gasteiger partial charge in [-0.15, -0.1) is 0 Å². The molecule has 9 aromatic carbocycles. The molecular formula is C61H29F3N8. The molecule has 0 aliphatic carbocycles. The number of halogens is 3. The molecule has 72 heavy (non-hydrogen) atoms. The summed E-state index contributed by atoms with van der Waals surface area (Å²) in [7, 11) is 0. The summed E-state index contributed by atoms with van der Waals surface area (Å²) >= 11 is 0. The summed E-state index contributed by atoms with van der Waals surface area (Å²) < 4.78 is 50.4. The van der Waals surface area contributed by atoms with E-state index in [-0.39, 0.29) is 22.4 Å². The number of nitrogens with zero attached hydrogens (tertiary/aromatic N) is 8. The standard InChI is InChI=1S/C61H29F3N8/c1-67-40-23-26-42(52(33-40)70-4)39-22-27-55-47(32-39)44-11-5-7-15-53(44)71(55)57-17-9-13-46(43-25-20-36(34-65)29-49(43)61(62,63)64)59(57)60-50(68-2)14-10-18-58(60)72-54-16-8-6-12-45(54)48-31-38(21-28-56(48)72)41-24-19-37(35-66)30-51(41)69-3/h5-33H. The van der Waals surface area contributed by atoms with E-state index in [2.05, 4.69) is 25.4 Å². The Labute approximate surface area is 410 Å². The van der Waals surface area contributed by atoms with E-state index in [9.17, 15) is 10.5 Å². The SMILES string of the molecule is [C-]#[N+]c1ccc(-c2ccc3c(c2)c2ccccc2n3-c2cccc(-c3ccc(C#N)cc3C(F)(F)F)c2-c2c([N+]#[C-])cccc2-n2c3ccccc3c3cc(-c4ccc(C#N)cc4[N+]#[C-])ccc32)c([N+]#[C-])c1. The molecule has 2 heterocycles. The monoisotopic (exact) mass is 930 g/mol. The first-order chi connectivity index (χ1) is 35.1. The molecule has 2 aromatic heterocycles. The molecule has 0 fully saturated rings. The molecule has 0 atom stereocenters. The predicted octanol–water partition coefficient (Wildman–Crippen LogP) is 17.5. The summed E-state index contributed by atoms with van der Waals surface area (Å²) in [6.45, 7) is 32.1. The van der Waals surface area contributed by atoms with Crippen LogP contribution in [0.3, 0.4) is 0 Å². The molecular weight excluding hydrogens is 902 g/mol. The van der Waals surface area contributed by atoms with Gasteiger partial charge in [-0.2, -0.15) is 23.7 Å². The number of benzene rings is 9. The molecule has 0 saturated carbocycles. The summed E-state index contributed by atoms with van der Waals surface area (Å²) in [4.78, 5) is 15.1. The normalized spacial score (nSPS) is 11.2. The van der Waals surface area contributed by atoms with Crippen molar-refractivity contribution < 1.29 is 13.2 Å². The first kappa shape index (κ1) is 43.9. The highest BCUT2D eigenvalue weighted by molar-refractivity contribution is 6.14. The van der Waals surface area contributed by atoms with Crippen molar-refractivity contribution in [3.63, 3.8) is 0 Å². The van der Waals surface area contributed by atoms with Crippen LogP contribution in [0, 0.1) is 49.0 Å². The fourth-order valence-electron chi connectivity index (χ4n) is 10.0. The van der Waals surface area contributed by atoms with Crippen molar-refractivity contribution >= 4 is 66.4 Å². The van der Waals surface area contributed by atoms with Gasteiger partial charge in [0.25, 0.3) is 0 Å². The third-order valence-electron chi connectivity index (χ3n) is 13.1. The summed E-state index contributed by atoms with van der Waals surface area (Å²) in [6, 6.07) is 54.9. The topological polar surface area (TPSA) is 74.9 Å². The lowest BCUT2D eigenvalue weighted by molar-refractivity contribution is -0.137. The van der Waals surface area contributed by atoms with E-state index in [1.807, 2.05) is 112 Å². The van der Waals surface area contributed by atoms with Crippen LogP contribution < -0.4 is 0 Å². The molecule has 334 valence electrons. The van der Waals surface area contributed by atoms with Crippen LogP contribution in [0.2, 0.25) is 0 Å². The van der Waals surface area contributed by atoms with Gasteiger partial charge in [0.05, 0.1) is 77.3 Å². The maximum absolute atomic E-state index is 15.5. The van der Waals surface area contributed by atoms with Gasteiger partial charge in [-0.25, -0.2) is 19.4 Å². The highest BCUT2D eigenvalue weighted by atomic mass is 19.4.